The molecular weight excluding hydrogens is 318 g/mol. The van der Waals surface area contributed by atoms with E-state index in [0.717, 1.165) is 18.7 Å². The van der Waals surface area contributed by atoms with Crippen LogP contribution in [0.15, 0.2) is 30.9 Å². The highest BCUT2D eigenvalue weighted by Crippen LogP contribution is 2.22. The van der Waals surface area contributed by atoms with Gasteiger partial charge < -0.3 is 14.2 Å². The van der Waals surface area contributed by atoms with Crippen molar-refractivity contribution in [1.82, 2.24) is 24.4 Å². The minimum Gasteiger partial charge on any atom is -0.460 e. The summed E-state index contributed by atoms with van der Waals surface area (Å²) in [6.07, 6.45) is 8.62. The molecule has 7 heteroatoms. The first-order valence-electron chi connectivity index (χ1n) is 8.81. The molecule has 2 aromatic heterocycles. The van der Waals surface area contributed by atoms with Crippen LogP contribution in [0.3, 0.4) is 0 Å². The largest absolute Gasteiger partial charge is 0.460 e. The summed E-state index contributed by atoms with van der Waals surface area (Å²) in [7, 11) is 0. The number of hydrogen-bond acceptors (Lipinski definition) is 5. The van der Waals surface area contributed by atoms with Crippen molar-refractivity contribution in [3.63, 3.8) is 0 Å². The van der Waals surface area contributed by atoms with Crippen molar-refractivity contribution in [2.75, 3.05) is 13.1 Å². The monoisotopic (exact) mass is 343 g/mol. The lowest BCUT2D eigenvalue weighted by Gasteiger charge is -2.33. The standard InChI is InChI=1S/C18H25N5O2/c1-13(2)16-19-9-12-23(16)14(3)17(24)22-10-5-15(6-11-22)25-18-20-7-4-8-21-18/h4,7-9,12-15H,5-6,10-11H2,1-3H3/t14-/m1/s1. The number of piperidine rings is 1. The Morgan fingerprint density at radius 2 is 1.80 bits per heavy atom. The third-order valence-electron chi connectivity index (χ3n) is 4.56. The number of carbonyl (C=O) groups excluding carboxylic acids is 1. The Labute approximate surface area is 148 Å². The molecule has 0 spiro atoms. The zero-order valence-electron chi connectivity index (χ0n) is 15.0. The van der Waals surface area contributed by atoms with E-state index in [0.29, 0.717) is 19.1 Å². The van der Waals surface area contributed by atoms with Crippen LogP contribution in [-0.4, -0.2) is 49.5 Å². The minimum atomic E-state index is -0.241. The van der Waals surface area contributed by atoms with Gasteiger partial charge in [0.05, 0.1) is 0 Å². The van der Waals surface area contributed by atoms with E-state index < -0.39 is 0 Å². The predicted octanol–water partition coefficient (Wildman–Crippen LogP) is 2.43. The van der Waals surface area contributed by atoms with Crippen LogP contribution < -0.4 is 4.74 Å². The molecule has 2 aromatic rings. The summed E-state index contributed by atoms with van der Waals surface area (Å²) < 4.78 is 7.77. The molecule has 1 saturated heterocycles. The molecule has 3 rings (SSSR count). The molecule has 0 saturated carbocycles. The van der Waals surface area contributed by atoms with Crippen molar-refractivity contribution in [3.8, 4) is 6.01 Å². The van der Waals surface area contributed by atoms with Crippen molar-refractivity contribution in [2.24, 2.45) is 0 Å². The minimum absolute atomic E-state index is 0.0567. The highest BCUT2D eigenvalue weighted by Gasteiger charge is 2.29. The third-order valence-corrected chi connectivity index (χ3v) is 4.56. The SMILES string of the molecule is CC(C)c1nccn1[C@H](C)C(=O)N1CCC(Oc2ncccn2)CC1. The maximum Gasteiger partial charge on any atom is 0.316 e. The Kier molecular flexibility index (Phi) is 5.31. The van der Waals surface area contributed by atoms with Crippen LogP contribution in [0.5, 0.6) is 6.01 Å². The molecule has 1 atom stereocenters. The number of hydrogen-bond donors (Lipinski definition) is 0. The number of amides is 1. The van der Waals surface area contributed by atoms with E-state index in [2.05, 4.69) is 28.8 Å². The van der Waals surface area contributed by atoms with Crippen molar-refractivity contribution in [1.29, 1.82) is 0 Å². The first-order valence-corrected chi connectivity index (χ1v) is 8.81. The van der Waals surface area contributed by atoms with Gasteiger partial charge >= 0.3 is 6.01 Å². The summed E-state index contributed by atoms with van der Waals surface area (Å²) in [6, 6.07) is 1.92. The van der Waals surface area contributed by atoms with Crippen LogP contribution in [0.4, 0.5) is 0 Å². The molecule has 3 heterocycles. The molecule has 0 aromatic carbocycles. The summed E-state index contributed by atoms with van der Waals surface area (Å²) in [5.41, 5.74) is 0. The van der Waals surface area contributed by atoms with Crippen LogP contribution in [0.25, 0.3) is 0 Å². The molecule has 25 heavy (non-hydrogen) atoms. The maximum absolute atomic E-state index is 12.8. The van der Waals surface area contributed by atoms with Crippen molar-refractivity contribution in [2.45, 2.75) is 51.7 Å². The van der Waals surface area contributed by atoms with Gasteiger partial charge in [-0.3, -0.25) is 4.79 Å². The van der Waals surface area contributed by atoms with E-state index in [1.54, 1.807) is 24.7 Å². The number of nitrogens with zero attached hydrogens (tertiary/aromatic N) is 5. The van der Waals surface area contributed by atoms with E-state index in [4.69, 9.17) is 4.74 Å². The Morgan fingerprint density at radius 1 is 1.12 bits per heavy atom. The lowest BCUT2D eigenvalue weighted by molar-refractivity contribution is -0.136. The molecule has 1 amide bonds. The van der Waals surface area contributed by atoms with Crippen LogP contribution in [0, 0.1) is 0 Å². The lowest BCUT2D eigenvalue weighted by atomic mass is 10.1. The molecule has 0 N–H and O–H groups in total. The Hall–Kier alpha value is -2.44. The topological polar surface area (TPSA) is 73.1 Å². The molecule has 0 aliphatic carbocycles. The van der Waals surface area contributed by atoms with E-state index in [1.165, 1.54) is 0 Å². The van der Waals surface area contributed by atoms with Crippen molar-refractivity contribution < 1.29 is 9.53 Å². The maximum atomic E-state index is 12.8. The molecule has 1 aliphatic heterocycles. The van der Waals surface area contributed by atoms with Crippen molar-refractivity contribution >= 4 is 5.91 Å². The Balaban J connectivity index is 1.57. The van der Waals surface area contributed by atoms with Gasteiger partial charge in [0.1, 0.15) is 18.0 Å². The van der Waals surface area contributed by atoms with Gasteiger partial charge in [-0.25, -0.2) is 15.0 Å². The van der Waals surface area contributed by atoms with Gasteiger partial charge in [0.25, 0.3) is 0 Å². The number of aromatic nitrogens is 4. The van der Waals surface area contributed by atoms with Gasteiger partial charge in [-0.05, 0) is 13.0 Å². The molecule has 0 radical (unpaired) electrons. The average molecular weight is 343 g/mol. The number of likely N-dealkylation sites (tertiary alicyclic amines) is 1. The summed E-state index contributed by atoms with van der Waals surface area (Å²) in [4.78, 5) is 27.3. The zero-order chi connectivity index (χ0) is 17.8. The normalized spacial score (nSPS) is 16.9. The van der Waals surface area contributed by atoms with E-state index in [1.807, 2.05) is 22.6 Å². The highest BCUT2D eigenvalue weighted by atomic mass is 16.5. The summed E-state index contributed by atoms with van der Waals surface area (Å²) in [6.45, 7) is 7.49. The second kappa shape index (κ2) is 7.63. The van der Waals surface area contributed by atoms with Crippen molar-refractivity contribution in [3.05, 3.63) is 36.7 Å². The van der Waals surface area contributed by atoms with E-state index in [9.17, 15) is 4.79 Å². The van der Waals surface area contributed by atoms with Gasteiger partial charge in [-0.1, -0.05) is 13.8 Å². The summed E-state index contributed by atoms with van der Waals surface area (Å²) in [5.74, 6) is 1.37. The smallest absolute Gasteiger partial charge is 0.316 e. The fourth-order valence-corrected chi connectivity index (χ4v) is 3.17. The average Bonchev–Trinajstić information content (AvgIpc) is 3.12. The van der Waals surface area contributed by atoms with Gasteiger partial charge in [0.15, 0.2) is 0 Å². The van der Waals surface area contributed by atoms with E-state index >= 15 is 0 Å². The van der Waals surface area contributed by atoms with E-state index in [-0.39, 0.29) is 24.0 Å². The highest BCUT2D eigenvalue weighted by molar-refractivity contribution is 5.80. The number of ether oxygens (including phenoxy) is 1. The molecule has 134 valence electrons. The Bertz CT molecular complexity index is 693. The second-order valence-corrected chi connectivity index (χ2v) is 6.70. The third kappa shape index (κ3) is 3.97. The van der Waals surface area contributed by atoms with Gasteiger partial charge in [0.2, 0.25) is 5.91 Å². The Morgan fingerprint density at radius 3 is 2.44 bits per heavy atom. The second-order valence-electron chi connectivity index (χ2n) is 6.70. The van der Waals surface area contributed by atoms with Crippen LogP contribution >= 0.6 is 0 Å². The molecular formula is C18H25N5O2. The predicted molar refractivity (Wildman–Crippen MR) is 93.3 cm³/mol. The first kappa shape index (κ1) is 17.4. The van der Waals surface area contributed by atoms with Gasteiger partial charge in [0, 0.05) is 56.6 Å². The molecule has 1 aliphatic rings. The number of carbonyl (C=O) groups is 1. The van der Waals surface area contributed by atoms with Gasteiger partial charge in [-0.15, -0.1) is 0 Å². The molecule has 1 fully saturated rings. The van der Waals surface area contributed by atoms with Crippen LogP contribution in [-0.2, 0) is 4.79 Å². The van der Waals surface area contributed by atoms with Crippen LogP contribution in [0.2, 0.25) is 0 Å². The molecule has 0 unspecified atom stereocenters. The molecule has 0 bridgehead atoms. The lowest BCUT2D eigenvalue weighted by Crippen LogP contribution is -2.44. The summed E-state index contributed by atoms with van der Waals surface area (Å²) in [5, 5.41) is 0. The number of imidazole rings is 1. The quantitative estimate of drug-likeness (QED) is 0.834. The first-order chi connectivity index (χ1) is 12.1. The number of rotatable bonds is 5. The van der Waals surface area contributed by atoms with Crippen LogP contribution in [0.1, 0.15) is 51.4 Å². The molecule has 7 nitrogen and oxygen atoms in total. The zero-order valence-corrected chi connectivity index (χ0v) is 15.0. The summed E-state index contributed by atoms with van der Waals surface area (Å²) >= 11 is 0. The van der Waals surface area contributed by atoms with Gasteiger partial charge in [-0.2, -0.15) is 0 Å². The fraction of sp³-hybridized carbons (Fsp3) is 0.556. The fourth-order valence-electron chi connectivity index (χ4n) is 3.17.